The number of rotatable bonds is 19. The number of likely N-dealkylation sites (N-methyl/N-ethyl adjacent to an activating group) is 1. The molecule has 0 aromatic heterocycles. The van der Waals surface area contributed by atoms with Gasteiger partial charge in [-0.15, -0.1) is 0 Å². The molecule has 0 spiro atoms. The van der Waals surface area contributed by atoms with E-state index in [9.17, 15) is 34.5 Å². The second kappa shape index (κ2) is 16.2. The highest BCUT2D eigenvalue weighted by molar-refractivity contribution is 7.47. The van der Waals surface area contributed by atoms with Crippen molar-refractivity contribution < 1.29 is 52.9 Å². The monoisotopic (exact) mass is 553 g/mol. The van der Waals surface area contributed by atoms with E-state index in [0.717, 1.165) is 37.8 Å². The minimum absolute atomic E-state index is 0. The molecule has 15 nitrogen and oxygen atoms in total. The molecule has 0 aliphatic rings. The van der Waals surface area contributed by atoms with Crippen molar-refractivity contribution in [1.82, 2.24) is 0 Å². The molecule has 0 bridgehead atoms. The minimum atomic E-state index is -4.39. The van der Waals surface area contributed by atoms with Gasteiger partial charge in [-0.1, -0.05) is 25.7 Å². The van der Waals surface area contributed by atoms with E-state index in [0.29, 0.717) is 17.3 Å². The first-order chi connectivity index (χ1) is 16.7. The molecule has 0 aliphatic heterocycles. The van der Waals surface area contributed by atoms with Crippen molar-refractivity contribution in [3.63, 3.8) is 0 Å². The van der Waals surface area contributed by atoms with E-state index in [4.69, 9.17) is 18.9 Å². The van der Waals surface area contributed by atoms with E-state index in [1.165, 1.54) is 6.07 Å². The number of carbonyl (C=O) groups is 1. The first-order valence-corrected chi connectivity index (χ1v) is 12.9. The van der Waals surface area contributed by atoms with Crippen LogP contribution in [0.15, 0.2) is 18.2 Å². The van der Waals surface area contributed by atoms with E-state index < -0.39 is 41.9 Å². The molecule has 1 unspecified atom stereocenters. The zero-order valence-electron chi connectivity index (χ0n) is 21.2. The molecule has 37 heavy (non-hydrogen) atoms. The van der Waals surface area contributed by atoms with Crippen LogP contribution in [-0.4, -0.2) is 82.8 Å². The van der Waals surface area contributed by atoms with Crippen LogP contribution < -0.4 is 4.74 Å². The zero-order chi connectivity index (χ0) is 27.4. The molecule has 0 radical (unpaired) electrons. The lowest BCUT2D eigenvalue weighted by molar-refractivity contribution is -0.873. The average Bonchev–Trinajstić information content (AvgIpc) is 2.72. The summed E-state index contributed by atoms with van der Waals surface area (Å²) in [5.74, 6) is -1.16. The Morgan fingerprint density at radius 2 is 1.59 bits per heavy atom. The molecular weight excluding hydrogens is 517 g/mol. The molecular formula is C21H36N3O12P. The van der Waals surface area contributed by atoms with E-state index in [-0.39, 0.29) is 36.7 Å². The maximum absolute atomic E-state index is 12.2. The van der Waals surface area contributed by atoms with Crippen molar-refractivity contribution in [3.05, 3.63) is 38.4 Å². The molecule has 1 rings (SSSR count). The van der Waals surface area contributed by atoms with Gasteiger partial charge in [0, 0.05) is 6.07 Å². The maximum atomic E-state index is 12.2. The van der Waals surface area contributed by atoms with Gasteiger partial charge < -0.3 is 24.7 Å². The lowest BCUT2D eigenvalue weighted by Gasteiger charge is -2.29. The highest BCUT2D eigenvalue weighted by atomic mass is 31.2. The second-order valence-electron chi connectivity index (χ2n) is 9.24. The third kappa shape index (κ3) is 15.2. The lowest BCUT2D eigenvalue weighted by Crippen LogP contribution is -2.42. The van der Waals surface area contributed by atoms with Crippen molar-refractivity contribution >= 4 is 25.2 Å². The lowest BCUT2D eigenvalue weighted by atomic mass is 10.1. The summed E-state index contributed by atoms with van der Waals surface area (Å²) >= 11 is 0. The highest BCUT2D eigenvalue weighted by Gasteiger charge is 2.31. The molecule has 0 saturated heterocycles. The Kier molecular flexibility index (Phi) is 15.0. The van der Waals surface area contributed by atoms with Gasteiger partial charge in [0.05, 0.1) is 56.7 Å². The van der Waals surface area contributed by atoms with Crippen LogP contribution in [0.4, 0.5) is 11.4 Å². The van der Waals surface area contributed by atoms with Crippen molar-refractivity contribution in [2.45, 2.75) is 51.0 Å². The zero-order valence-corrected chi connectivity index (χ0v) is 22.1. The second-order valence-corrected chi connectivity index (χ2v) is 10.6. The Morgan fingerprint density at radius 3 is 2.11 bits per heavy atom. The smallest absolute Gasteiger partial charge is 0.472 e. The van der Waals surface area contributed by atoms with Gasteiger partial charge in [-0.25, -0.2) is 4.57 Å². The fourth-order valence-electron chi connectivity index (χ4n) is 3.32. The number of aliphatic carboxylic acids is 1. The van der Waals surface area contributed by atoms with Crippen LogP contribution in [0.2, 0.25) is 0 Å². The van der Waals surface area contributed by atoms with Crippen LogP contribution in [-0.2, 0) is 18.4 Å². The highest BCUT2D eigenvalue weighted by Crippen LogP contribution is 2.45. The largest absolute Gasteiger partial charge is 0.870 e. The Balaban J connectivity index is 0.0000130. The summed E-state index contributed by atoms with van der Waals surface area (Å²) in [4.78, 5) is 41.3. The van der Waals surface area contributed by atoms with Gasteiger partial charge in [0.25, 0.3) is 5.69 Å². The fraction of sp³-hybridized carbons (Fsp3) is 0.667. The summed E-state index contributed by atoms with van der Waals surface area (Å²) in [6, 6.07) is 3.23. The van der Waals surface area contributed by atoms with Crippen LogP contribution in [0.25, 0.3) is 0 Å². The van der Waals surface area contributed by atoms with Crippen molar-refractivity contribution in [2.24, 2.45) is 0 Å². The summed E-state index contributed by atoms with van der Waals surface area (Å²) in [5.41, 5.74) is -0.840. The third-order valence-corrected chi connectivity index (χ3v) is 5.91. The molecule has 3 N–H and O–H groups in total. The van der Waals surface area contributed by atoms with E-state index in [1.807, 2.05) is 21.1 Å². The summed E-state index contributed by atoms with van der Waals surface area (Å²) in [5, 5.41) is 30.9. The van der Waals surface area contributed by atoms with Crippen molar-refractivity contribution in [1.29, 1.82) is 0 Å². The number of benzene rings is 1. The Morgan fingerprint density at radius 1 is 1.03 bits per heavy atom. The average molecular weight is 554 g/mol. The van der Waals surface area contributed by atoms with E-state index in [1.54, 1.807) is 0 Å². The van der Waals surface area contributed by atoms with Gasteiger partial charge in [-0.3, -0.25) is 34.1 Å². The number of hydrogen-bond acceptors (Lipinski definition) is 10. The van der Waals surface area contributed by atoms with E-state index in [2.05, 4.69) is 0 Å². The van der Waals surface area contributed by atoms with Crippen molar-refractivity contribution in [3.8, 4) is 5.75 Å². The number of quaternary nitrogens is 1. The molecule has 0 fully saturated rings. The van der Waals surface area contributed by atoms with Crippen LogP contribution in [0.5, 0.6) is 5.75 Å². The molecule has 0 saturated carbocycles. The molecule has 16 heteroatoms. The maximum Gasteiger partial charge on any atom is 0.472 e. The Hall–Kier alpha value is -2.68. The van der Waals surface area contributed by atoms with Crippen LogP contribution in [0.3, 0.4) is 0 Å². The van der Waals surface area contributed by atoms with E-state index >= 15 is 0 Å². The normalized spacial score (nSPS) is 13.7. The topological polar surface area (TPSA) is 219 Å². The molecule has 1 aromatic carbocycles. The van der Waals surface area contributed by atoms with Gasteiger partial charge in [-0.2, -0.15) is 0 Å². The SMILES string of the molecule is C[N+](C)(C)C[C@@H](CC(=O)O)OP(=O)(O)OCCCCCCCCOc1ccc([N+](=O)[O-])cc1[N+](=O)[O-].[OH-]. The number of carboxylic acids is 1. The first kappa shape index (κ1) is 34.3. The predicted molar refractivity (Wildman–Crippen MR) is 131 cm³/mol. The van der Waals surface area contributed by atoms with Crippen LogP contribution in [0, 0.1) is 20.2 Å². The number of phosphoric ester groups is 1. The summed E-state index contributed by atoms with van der Waals surface area (Å²) in [7, 11) is 1.05. The third-order valence-electron chi connectivity index (χ3n) is 4.84. The number of unbranched alkanes of at least 4 members (excludes halogenated alkanes) is 5. The molecule has 1 aromatic rings. The summed E-state index contributed by atoms with van der Waals surface area (Å²) < 4.78 is 28.0. The first-order valence-electron chi connectivity index (χ1n) is 11.4. The number of hydrogen-bond donors (Lipinski definition) is 2. The number of nitrogens with zero attached hydrogens (tertiary/aromatic N) is 3. The molecule has 2 atom stereocenters. The fourth-order valence-corrected chi connectivity index (χ4v) is 4.26. The molecule has 212 valence electrons. The van der Waals surface area contributed by atoms with Crippen LogP contribution >= 0.6 is 7.82 Å². The Labute approximate surface area is 214 Å². The van der Waals surface area contributed by atoms with Crippen LogP contribution in [0.1, 0.15) is 44.9 Å². The van der Waals surface area contributed by atoms with Gasteiger partial charge in [-0.05, 0) is 18.9 Å². The van der Waals surface area contributed by atoms with Gasteiger partial charge in [0.2, 0.25) is 0 Å². The number of non-ortho nitro benzene ring substituents is 1. The molecule has 0 heterocycles. The number of ether oxygens (including phenoxy) is 1. The quantitative estimate of drug-likeness (QED) is 0.0823. The number of nitro groups is 2. The number of nitro benzene ring substituents is 2. The number of phosphoric acid groups is 1. The number of carboxylic acid groups (broad SMARTS) is 1. The molecule has 0 aliphatic carbocycles. The summed E-state index contributed by atoms with van der Waals surface area (Å²) in [6.45, 7) is 0.434. The standard InChI is InChI=1S/C21H34N3O11P.H2O/c1-24(2,3)16-18(15-21(25)26)35-36(31,32)34-13-9-7-5-4-6-8-12-33-20-11-10-17(22(27)28)14-19(20)23(29)30;/h10-11,14,18H,4-9,12-13,15-16H2,1-3H3,(H-,25,26,31,32);1H2/t18-;/m1./s1. The van der Waals surface area contributed by atoms with Crippen molar-refractivity contribution in [2.75, 3.05) is 40.9 Å². The summed E-state index contributed by atoms with van der Waals surface area (Å²) in [6.07, 6.45) is 2.93. The van der Waals surface area contributed by atoms with Gasteiger partial charge >= 0.3 is 19.5 Å². The Bertz CT molecular complexity index is 938. The van der Waals surface area contributed by atoms with Gasteiger partial charge in [0.1, 0.15) is 12.6 Å². The molecule has 0 amide bonds. The van der Waals surface area contributed by atoms with Gasteiger partial charge in [0.15, 0.2) is 5.75 Å². The predicted octanol–water partition coefficient (Wildman–Crippen LogP) is 3.73. The minimum Gasteiger partial charge on any atom is -0.870 e.